The Labute approximate surface area is 114 Å². The summed E-state index contributed by atoms with van der Waals surface area (Å²) in [5.74, 6) is 0.0214. The second kappa shape index (κ2) is 6.01. The van der Waals surface area contributed by atoms with Gasteiger partial charge in [0.15, 0.2) is 5.78 Å². The number of ketones is 1. The average molecular weight is 251 g/mol. The summed E-state index contributed by atoms with van der Waals surface area (Å²) in [6.07, 6.45) is 3.37. The number of hydrogen-bond acceptors (Lipinski definition) is 2. The fourth-order valence-corrected chi connectivity index (χ4v) is 1.87. The van der Waals surface area contributed by atoms with Crippen molar-refractivity contribution in [3.63, 3.8) is 0 Å². The van der Waals surface area contributed by atoms with E-state index in [1.54, 1.807) is 12.3 Å². The van der Waals surface area contributed by atoms with Crippen LogP contribution in [-0.4, -0.2) is 24.8 Å². The molecule has 0 spiro atoms. The highest BCUT2D eigenvalue weighted by molar-refractivity contribution is 6.09. The van der Waals surface area contributed by atoms with E-state index >= 15 is 0 Å². The molecule has 2 nitrogen and oxygen atoms in total. The van der Waals surface area contributed by atoms with Crippen LogP contribution in [0.1, 0.15) is 10.4 Å². The lowest BCUT2D eigenvalue weighted by atomic mass is 9.97. The van der Waals surface area contributed by atoms with Crippen LogP contribution in [0.5, 0.6) is 0 Å². The molecule has 0 fully saturated rings. The topological polar surface area (TPSA) is 20.3 Å². The van der Waals surface area contributed by atoms with Gasteiger partial charge in [-0.3, -0.25) is 4.79 Å². The molecule has 0 aliphatic rings. The van der Waals surface area contributed by atoms with Gasteiger partial charge >= 0.3 is 0 Å². The van der Waals surface area contributed by atoms with E-state index < -0.39 is 0 Å². The van der Waals surface area contributed by atoms with Crippen LogP contribution in [-0.2, 0) is 0 Å². The van der Waals surface area contributed by atoms with Gasteiger partial charge in [0.25, 0.3) is 0 Å². The first-order valence-corrected chi connectivity index (χ1v) is 6.22. The summed E-state index contributed by atoms with van der Waals surface area (Å²) in [7, 11) is 3.79. The molecule has 2 aromatic carbocycles. The summed E-state index contributed by atoms with van der Waals surface area (Å²) >= 11 is 0. The molecule has 0 N–H and O–H groups in total. The summed E-state index contributed by atoms with van der Waals surface area (Å²) in [5.41, 5.74) is 2.76. The lowest BCUT2D eigenvalue weighted by Crippen LogP contribution is -2.04. The molecule has 96 valence electrons. The van der Waals surface area contributed by atoms with Gasteiger partial charge in [0.2, 0.25) is 0 Å². The number of allylic oxidation sites excluding steroid dienone is 1. The Hall–Kier alpha value is -2.35. The van der Waals surface area contributed by atoms with E-state index in [1.165, 1.54) is 0 Å². The van der Waals surface area contributed by atoms with E-state index in [0.29, 0.717) is 0 Å². The zero-order valence-corrected chi connectivity index (χ0v) is 11.2. The minimum Gasteiger partial charge on any atom is -0.383 e. The number of carbonyl (C=O) groups excluding carboxylic acids is 1. The normalized spacial score (nSPS) is 10.6. The molecule has 0 aliphatic carbocycles. The third-order valence-electron chi connectivity index (χ3n) is 2.80. The molecule has 0 aliphatic heterocycles. The Morgan fingerprint density at radius 2 is 1.58 bits per heavy atom. The van der Waals surface area contributed by atoms with Crippen molar-refractivity contribution in [1.82, 2.24) is 4.90 Å². The Morgan fingerprint density at radius 3 is 2.26 bits per heavy atom. The minimum absolute atomic E-state index is 0.0214. The van der Waals surface area contributed by atoms with E-state index in [1.807, 2.05) is 73.6 Å². The van der Waals surface area contributed by atoms with Crippen LogP contribution in [0.4, 0.5) is 0 Å². The fraction of sp³-hybridized carbons (Fsp3) is 0.118. The van der Waals surface area contributed by atoms with Gasteiger partial charge in [-0.25, -0.2) is 0 Å². The highest BCUT2D eigenvalue weighted by Crippen LogP contribution is 2.23. The zero-order valence-electron chi connectivity index (χ0n) is 11.2. The van der Waals surface area contributed by atoms with Crippen molar-refractivity contribution in [2.45, 2.75) is 0 Å². The summed E-state index contributed by atoms with van der Waals surface area (Å²) in [6.45, 7) is 0. The quantitative estimate of drug-likeness (QED) is 0.611. The number of rotatable bonds is 4. The minimum atomic E-state index is 0.0214. The largest absolute Gasteiger partial charge is 0.383 e. The van der Waals surface area contributed by atoms with Crippen molar-refractivity contribution in [3.05, 3.63) is 72.4 Å². The Morgan fingerprint density at radius 1 is 0.947 bits per heavy atom. The van der Waals surface area contributed by atoms with Crippen LogP contribution in [0, 0.1) is 0 Å². The van der Waals surface area contributed by atoms with Crippen LogP contribution in [0.15, 0.2) is 66.9 Å². The van der Waals surface area contributed by atoms with Crippen molar-refractivity contribution in [3.8, 4) is 11.1 Å². The third-order valence-corrected chi connectivity index (χ3v) is 2.80. The Kier molecular flexibility index (Phi) is 4.14. The maximum Gasteiger partial charge on any atom is 0.187 e. The predicted octanol–water partition coefficient (Wildman–Crippen LogP) is 3.61. The van der Waals surface area contributed by atoms with Gasteiger partial charge in [0.1, 0.15) is 0 Å². The standard InChI is InChI=1S/C17H17NO/c1-18(2)13-12-17(19)16-11-7-6-10-15(16)14-8-4-3-5-9-14/h3-13H,1-2H3/b13-12+. The summed E-state index contributed by atoms with van der Waals surface area (Å²) in [5, 5.41) is 0. The van der Waals surface area contributed by atoms with E-state index in [2.05, 4.69) is 0 Å². The van der Waals surface area contributed by atoms with E-state index in [0.717, 1.165) is 16.7 Å². The van der Waals surface area contributed by atoms with Crippen molar-refractivity contribution in [2.24, 2.45) is 0 Å². The molecule has 0 amide bonds. The molecule has 0 unspecified atom stereocenters. The van der Waals surface area contributed by atoms with E-state index in [9.17, 15) is 4.79 Å². The summed E-state index contributed by atoms with van der Waals surface area (Å²) in [6, 6.07) is 17.6. The van der Waals surface area contributed by atoms with Crippen molar-refractivity contribution < 1.29 is 4.79 Å². The molecular formula is C17H17NO. The van der Waals surface area contributed by atoms with E-state index in [-0.39, 0.29) is 5.78 Å². The lowest BCUT2D eigenvalue weighted by Gasteiger charge is -2.08. The van der Waals surface area contributed by atoms with Gasteiger partial charge < -0.3 is 4.90 Å². The van der Waals surface area contributed by atoms with Gasteiger partial charge in [0.05, 0.1) is 0 Å². The molecule has 0 atom stereocenters. The maximum absolute atomic E-state index is 12.2. The number of carbonyl (C=O) groups is 1. The van der Waals surface area contributed by atoms with Gasteiger partial charge in [-0.15, -0.1) is 0 Å². The second-order valence-corrected chi connectivity index (χ2v) is 4.56. The first kappa shape index (κ1) is 13.1. The third kappa shape index (κ3) is 3.32. The fourth-order valence-electron chi connectivity index (χ4n) is 1.87. The first-order chi connectivity index (χ1) is 9.18. The Balaban J connectivity index is 2.40. The van der Waals surface area contributed by atoms with Gasteiger partial charge in [0, 0.05) is 31.9 Å². The second-order valence-electron chi connectivity index (χ2n) is 4.56. The lowest BCUT2D eigenvalue weighted by molar-refractivity contribution is 0.104. The maximum atomic E-state index is 12.2. The van der Waals surface area contributed by atoms with Gasteiger partial charge in [-0.2, -0.15) is 0 Å². The molecule has 0 radical (unpaired) electrons. The average Bonchev–Trinajstić information content (AvgIpc) is 2.45. The SMILES string of the molecule is CN(C)/C=C/C(=O)c1ccccc1-c1ccccc1. The van der Waals surface area contributed by atoms with Crippen LogP contribution < -0.4 is 0 Å². The number of benzene rings is 2. The molecule has 0 saturated heterocycles. The van der Waals surface area contributed by atoms with E-state index in [4.69, 9.17) is 0 Å². The molecule has 0 saturated carbocycles. The molecule has 2 aromatic rings. The number of nitrogens with zero attached hydrogens (tertiary/aromatic N) is 1. The first-order valence-electron chi connectivity index (χ1n) is 6.22. The molecule has 19 heavy (non-hydrogen) atoms. The predicted molar refractivity (Wildman–Crippen MR) is 79.0 cm³/mol. The summed E-state index contributed by atoms with van der Waals surface area (Å²) in [4.78, 5) is 14.1. The molecule has 2 heteroatoms. The highest BCUT2D eigenvalue weighted by atomic mass is 16.1. The molecule has 0 heterocycles. The van der Waals surface area contributed by atoms with Crippen LogP contribution in [0.25, 0.3) is 11.1 Å². The monoisotopic (exact) mass is 251 g/mol. The van der Waals surface area contributed by atoms with Crippen molar-refractivity contribution in [1.29, 1.82) is 0 Å². The number of hydrogen-bond donors (Lipinski definition) is 0. The molecule has 2 rings (SSSR count). The molecule has 0 bridgehead atoms. The van der Waals surface area contributed by atoms with Gasteiger partial charge in [-0.05, 0) is 11.1 Å². The van der Waals surface area contributed by atoms with Crippen LogP contribution >= 0.6 is 0 Å². The van der Waals surface area contributed by atoms with Crippen molar-refractivity contribution >= 4 is 5.78 Å². The smallest absolute Gasteiger partial charge is 0.187 e. The highest BCUT2D eigenvalue weighted by Gasteiger charge is 2.09. The zero-order chi connectivity index (χ0) is 13.7. The molecular weight excluding hydrogens is 234 g/mol. The van der Waals surface area contributed by atoms with Crippen LogP contribution in [0.3, 0.4) is 0 Å². The molecule has 0 aromatic heterocycles. The van der Waals surface area contributed by atoms with Crippen molar-refractivity contribution in [2.75, 3.05) is 14.1 Å². The van der Waals surface area contributed by atoms with Crippen LogP contribution in [0.2, 0.25) is 0 Å². The Bertz CT molecular complexity index is 585. The summed E-state index contributed by atoms with van der Waals surface area (Å²) < 4.78 is 0. The van der Waals surface area contributed by atoms with Gasteiger partial charge in [-0.1, -0.05) is 54.6 Å².